The number of aryl methyl sites for hydroxylation is 1. The third-order valence-electron chi connectivity index (χ3n) is 5.68. The number of benzene rings is 2. The number of methoxy groups -OCH3 is 1. The largest absolute Gasteiger partial charge is 0.495 e. The molecule has 0 N–H and O–H groups in total. The van der Waals surface area contributed by atoms with Crippen LogP contribution < -0.4 is 9.64 Å². The van der Waals surface area contributed by atoms with Crippen molar-refractivity contribution in [2.45, 2.75) is 13.5 Å². The molecule has 0 bridgehead atoms. The van der Waals surface area contributed by atoms with Crippen LogP contribution in [0.2, 0.25) is 0 Å². The number of morpholine rings is 1. The van der Waals surface area contributed by atoms with Gasteiger partial charge in [0.05, 0.1) is 37.2 Å². The summed E-state index contributed by atoms with van der Waals surface area (Å²) < 4.78 is 13.2. The van der Waals surface area contributed by atoms with Crippen LogP contribution in [-0.4, -0.2) is 53.2 Å². The highest BCUT2D eigenvalue weighted by atomic mass is 16.5. The number of ether oxygens (including phenoxy) is 2. The van der Waals surface area contributed by atoms with E-state index in [1.165, 1.54) is 0 Å². The topological polar surface area (TPSA) is 65.3 Å². The Labute approximate surface area is 181 Å². The van der Waals surface area contributed by atoms with Gasteiger partial charge in [-0.05, 0) is 13.0 Å². The summed E-state index contributed by atoms with van der Waals surface area (Å²) in [5, 5.41) is 5.82. The fourth-order valence-corrected chi connectivity index (χ4v) is 4.07. The molecule has 1 aliphatic heterocycles. The van der Waals surface area contributed by atoms with Gasteiger partial charge in [-0.25, -0.2) is 9.97 Å². The Bertz CT molecular complexity index is 1200. The second-order valence-corrected chi connectivity index (χ2v) is 7.48. The van der Waals surface area contributed by atoms with Crippen LogP contribution >= 0.6 is 0 Å². The van der Waals surface area contributed by atoms with Crippen LogP contribution in [0.5, 0.6) is 5.75 Å². The average Bonchev–Trinajstić information content (AvgIpc) is 3.28. The van der Waals surface area contributed by atoms with Crippen LogP contribution in [0.4, 0.5) is 5.69 Å². The van der Waals surface area contributed by atoms with Crippen molar-refractivity contribution in [1.82, 2.24) is 19.7 Å². The van der Waals surface area contributed by atoms with Gasteiger partial charge in [0.2, 0.25) is 0 Å². The van der Waals surface area contributed by atoms with Crippen LogP contribution in [0.1, 0.15) is 6.92 Å². The molecule has 3 heterocycles. The van der Waals surface area contributed by atoms with E-state index in [-0.39, 0.29) is 0 Å². The lowest BCUT2D eigenvalue weighted by atomic mass is 10.0. The van der Waals surface area contributed by atoms with Gasteiger partial charge in [0.15, 0.2) is 0 Å². The molecule has 1 fully saturated rings. The zero-order valence-electron chi connectivity index (χ0n) is 17.8. The Balaban J connectivity index is 1.72. The summed E-state index contributed by atoms with van der Waals surface area (Å²) in [4.78, 5) is 11.5. The van der Waals surface area contributed by atoms with Crippen molar-refractivity contribution in [3.05, 3.63) is 55.0 Å². The summed E-state index contributed by atoms with van der Waals surface area (Å²) >= 11 is 0. The lowest BCUT2D eigenvalue weighted by Gasteiger charge is -2.30. The van der Waals surface area contributed by atoms with Gasteiger partial charge in [-0.3, -0.25) is 4.68 Å². The molecule has 7 heteroatoms. The number of nitrogens with zero attached hydrogens (tertiary/aromatic N) is 5. The molecule has 0 radical (unpaired) electrons. The first kappa shape index (κ1) is 19.5. The fourth-order valence-electron chi connectivity index (χ4n) is 4.07. The van der Waals surface area contributed by atoms with Crippen LogP contribution in [0.25, 0.3) is 33.4 Å². The zero-order chi connectivity index (χ0) is 21.2. The van der Waals surface area contributed by atoms with E-state index in [0.717, 1.165) is 64.5 Å². The molecule has 158 valence electrons. The number of rotatable bonds is 5. The zero-order valence-corrected chi connectivity index (χ0v) is 17.8. The van der Waals surface area contributed by atoms with Crippen molar-refractivity contribution in [3.8, 4) is 28.3 Å². The molecule has 2 aromatic carbocycles. The third-order valence-corrected chi connectivity index (χ3v) is 5.68. The normalized spacial score (nSPS) is 14.2. The summed E-state index contributed by atoms with van der Waals surface area (Å²) in [6.07, 6.45) is 3.69. The molecule has 7 nitrogen and oxygen atoms in total. The van der Waals surface area contributed by atoms with E-state index in [9.17, 15) is 0 Å². The number of anilines is 1. The lowest BCUT2D eigenvalue weighted by Crippen LogP contribution is -2.36. The summed E-state index contributed by atoms with van der Waals surface area (Å²) in [7, 11) is 1.70. The van der Waals surface area contributed by atoms with Crippen LogP contribution in [0, 0.1) is 0 Å². The van der Waals surface area contributed by atoms with E-state index in [1.54, 1.807) is 13.4 Å². The van der Waals surface area contributed by atoms with Gasteiger partial charge in [-0.15, -0.1) is 0 Å². The van der Waals surface area contributed by atoms with Gasteiger partial charge in [0.25, 0.3) is 0 Å². The molecule has 0 saturated carbocycles. The molecule has 0 amide bonds. The summed E-state index contributed by atoms with van der Waals surface area (Å²) in [5.41, 5.74) is 5.75. The van der Waals surface area contributed by atoms with Gasteiger partial charge < -0.3 is 14.4 Å². The smallest absolute Gasteiger partial charge is 0.144 e. The predicted octanol–water partition coefficient (Wildman–Crippen LogP) is 4.03. The van der Waals surface area contributed by atoms with Crippen molar-refractivity contribution < 1.29 is 9.47 Å². The Kier molecular flexibility index (Phi) is 5.26. The van der Waals surface area contributed by atoms with E-state index in [2.05, 4.69) is 41.2 Å². The Morgan fingerprint density at radius 3 is 2.58 bits per heavy atom. The molecule has 5 rings (SSSR count). The number of fused-ring (bicyclic) bond motifs is 1. The van der Waals surface area contributed by atoms with Gasteiger partial charge >= 0.3 is 0 Å². The number of aromatic nitrogens is 4. The highest BCUT2D eigenvalue weighted by molar-refractivity contribution is 5.98. The summed E-state index contributed by atoms with van der Waals surface area (Å²) in [5.74, 6) is 0.812. The van der Waals surface area contributed by atoms with Crippen molar-refractivity contribution in [2.75, 3.05) is 38.3 Å². The van der Waals surface area contributed by atoms with Crippen molar-refractivity contribution in [1.29, 1.82) is 0 Å². The van der Waals surface area contributed by atoms with Crippen molar-refractivity contribution in [3.63, 3.8) is 0 Å². The Hall–Kier alpha value is -3.45. The second-order valence-electron chi connectivity index (χ2n) is 7.48. The monoisotopic (exact) mass is 415 g/mol. The van der Waals surface area contributed by atoms with Crippen LogP contribution in [0.15, 0.2) is 55.0 Å². The average molecular weight is 415 g/mol. The highest BCUT2D eigenvalue weighted by Crippen LogP contribution is 2.38. The number of hydrogen-bond acceptors (Lipinski definition) is 6. The van der Waals surface area contributed by atoms with E-state index < -0.39 is 0 Å². The second kappa shape index (κ2) is 8.35. The maximum Gasteiger partial charge on any atom is 0.144 e. The van der Waals surface area contributed by atoms with Crippen molar-refractivity contribution >= 4 is 16.6 Å². The minimum absolute atomic E-state index is 0.709. The molecular weight excluding hydrogens is 390 g/mol. The Morgan fingerprint density at radius 2 is 1.84 bits per heavy atom. The van der Waals surface area contributed by atoms with Gasteiger partial charge in [0.1, 0.15) is 17.8 Å². The van der Waals surface area contributed by atoms with Gasteiger partial charge in [-0.1, -0.05) is 30.3 Å². The molecular formula is C24H25N5O2. The first-order valence-electron chi connectivity index (χ1n) is 10.6. The van der Waals surface area contributed by atoms with Crippen LogP contribution in [0.3, 0.4) is 0 Å². The van der Waals surface area contributed by atoms with Crippen molar-refractivity contribution in [2.24, 2.45) is 0 Å². The van der Waals surface area contributed by atoms with E-state index in [0.29, 0.717) is 13.2 Å². The standard InChI is InChI=1S/C24H25N5O2/c1-3-29-15-19(23(27-29)17-7-5-4-6-8-17)24-18-13-21(28-9-11-31-12-10-28)22(30-2)14-20(18)25-16-26-24/h4-8,13-16H,3,9-12H2,1-2H3. The molecule has 2 aromatic heterocycles. The maximum atomic E-state index is 5.71. The molecule has 0 spiro atoms. The third kappa shape index (κ3) is 3.61. The summed E-state index contributed by atoms with van der Waals surface area (Å²) in [6, 6.07) is 14.4. The molecule has 1 saturated heterocycles. The molecule has 0 aliphatic carbocycles. The van der Waals surface area contributed by atoms with E-state index >= 15 is 0 Å². The highest BCUT2D eigenvalue weighted by Gasteiger charge is 2.21. The van der Waals surface area contributed by atoms with Gasteiger partial charge in [0, 0.05) is 48.4 Å². The molecule has 0 atom stereocenters. The maximum absolute atomic E-state index is 5.71. The summed E-state index contributed by atoms with van der Waals surface area (Å²) in [6.45, 7) is 5.95. The minimum Gasteiger partial charge on any atom is -0.495 e. The minimum atomic E-state index is 0.709. The van der Waals surface area contributed by atoms with Gasteiger partial charge in [-0.2, -0.15) is 5.10 Å². The molecule has 31 heavy (non-hydrogen) atoms. The quantitative estimate of drug-likeness (QED) is 0.490. The molecule has 4 aromatic rings. The predicted molar refractivity (Wildman–Crippen MR) is 121 cm³/mol. The number of hydrogen-bond donors (Lipinski definition) is 0. The van der Waals surface area contributed by atoms with E-state index in [4.69, 9.17) is 19.6 Å². The lowest BCUT2D eigenvalue weighted by molar-refractivity contribution is 0.122. The molecule has 1 aliphatic rings. The SMILES string of the molecule is CCn1cc(-c2ncnc3cc(OC)c(N4CCOCC4)cc23)c(-c2ccccc2)n1. The molecule has 0 unspecified atom stereocenters. The Morgan fingerprint density at radius 1 is 1.03 bits per heavy atom. The first-order chi connectivity index (χ1) is 15.3. The van der Waals surface area contributed by atoms with Crippen LogP contribution in [-0.2, 0) is 11.3 Å². The van der Waals surface area contributed by atoms with E-state index in [1.807, 2.05) is 28.9 Å². The fraction of sp³-hybridized carbons (Fsp3) is 0.292. The first-order valence-corrected chi connectivity index (χ1v) is 10.6.